The van der Waals surface area contributed by atoms with Gasteiger partial charge in [-0.2, -0.15) is 5.26 Å². The van der Waals surface area contributed by atoms with Gasteiger partial charge in [0.1, 0.15) is 0 Å². The highest BCUT2D eigenvalue weighted by Gasteiger charge is 2.17. The van der Waals surface area contributed by atoms with E-state index < -0.39 is 11.9 Å². The lowest BCUT2D eigenvalue weighted by atomic mass is 10.1. The van der Waals surface area contributed by atoms with Crippen LogP contribution in [0.5, 0.6) is 0 Å². The van der Waals surface area contributed by atoms with Gasteiger partial charge in [-0.25, -0.2) is 0 Å². The van der Waals surface area contributed by atoms with Crippen LogP contribution in [0.15, 0.2) is 54.6 Å². The molecular formula is C18H18N2O2. The summed E-state index contributed by atoms with van der Waals surface area (Å²) in [5.74, 6) is -1.29. The fourth-order valence-electron chi connectivity index (χ4n) is 2.27. The molecule has 0 fully saturated rings. The zero-order valence-electron chi connectivity index (χ0n) is 12.4. The Labute approximate surface area is 130 Å². The number of rotatable bonds is 6. The van der Waals surface area contributed by atoms with Crippen LogP contribution in [0.2, 0.25) is 0 Å². The second kappa shape index (κ2) is 7.28. The maximum absolute atomic E-state index is 11.1. The number of nitrogens with zero attached hydrogens (tertiary/aromatic N) is 2. The highest BCUT2D eigenvalue weighted by molar-refractivity contribution is 5.70. The van der Waals surface area contributed by atoms with Crippen molar-refractivity contribution in [3.63, 3.8) is 0 Å². The van der Waals surface area contributed by atoms with Crippen LogP contribution in [0.1, 0.15) is 18.1 Å². The van der Waals surface area contributed by atoms with Crippen LogP contribution < -0.4 is 4.90 Å². The Bertz CT molecular complexity index is 677. The highest BCUT2D eigenvalue weighted by Crippen LogP contribution is 2.19. The van der Waals surface area contributed by atoms with E-state index in [0.717, 1.165) is 11.3 Å². The monoisotopic (exact) mass is 294 g/mol. The number of nitriles is 1. The standard InChI is InChI=1S/C18H18N2O2/c1-14(18(21)22)12-20(17-8-3-2-4-9-17)13-16-7-5-6-15(10-16)11-19/h2-10,14H,12-13H2,1H3,(H,21,22). The molecule has 2 aromatic carbocycles. The molecule has 2 rings (SSSR count). The Balaban J connectivity index is 2.24. The van der Waals surface area contributed by atoms with Crippen molar-refractivity contribution in [2.75, 3.05) is 11.4 Å². The Morgan fingerprint density at radius 2 is 1.95 bits per heavy atom. The SMILES string of the molecule is CC(CN(Cc1cccc(C#N)c1)c1ccccc1)C(=O)O. The first-order valence-electron chi connectivity index (χ1n) is 7.12. The summed E-state index contributed by atoms with van der Waals surface area (Å²) in [6.07, 6.45) is 0. The van der Waals surface area contributed by atoms with Gasteiger partial charge in [0.15, 0.2) is 0 Å². The van der Waals surface area contributed by atoms with E-state index >= 15 is 0 Å². The Kier molecular flexibility index (Phi) is 5.16. The number of hydrogen-bond acceptors (Lipinski definition) is 3. The van der Waals surface area contributed by atoms with E-state index in [1.807, 2.05) is 53.4 Å². The molecule has 22 heavy (non-hydrogen) atoms. The first kappa shape index (κ1) is 15.6. The van der Waals surface area contributed by atoms with Crippen molar-refractivity contribution in [3.8, 4) is 6.07 Å². The van der Waals surface area contributed by atoms with E-state index in [1.54, 1.807) is 13.0 Å². The third kappa shape index (κ3) is 4.10. The van der Waals surface area contributed by atoms with Crippen molar-refractivity contribution in [2.24, 2.45) is 5.92 Å². The minimum absolute atomic E-state index is 0.413. The summed E-state index contributed by atoms with van der Waals surface area (Å²) in [6.45, 7) is 2.68. The van der Waals surface area contributed by atoms with Gasteiger partial charge in [0, 0.05) is 18.8 Å². The maximum atomic E-state index is 11.1. The number of benzene rings is 2. The van der Waals surface area contributed by atoms with Crippen molar-refractivity contribution >= 4 is 11.7 Å². The Morgan fingerprint density at radius 3 is 2.59 bits per heavy atom. The van der Waals surface area contributed by atoms with Crippen LogP contribution in [0, 0.1) is 17.2 Å². The lowest BCUT2D eigenvalue weighted by molar-refractivity contribution is -0.140. The van der Waals surface area contributed by atoms with E-state index in [-0.39, 0.29) is 0 Å². The molecule has 0 aromatic heterocycles. The van der Waals surface area contributed by atoms with Gasteiger partial charge in [0.2, 0.25) is 0 Å². The molecule has 112 valence electrons. The van der Waals surface area contributed by atoms with Gasteiger partial charge in [-0.3, -0.25) is 4.79 Å². The summed E-state index contributed by atoms with van der Waals surface area (Å²) in [5, 5.41) is 18.1. The zero-order chi connectivity index (χ0) is 15.9. The molecule has 0 spiro atoms. The third-order valence-electron chi connectivity index (χ3n) is 3.47. The van der Waals surface area contributed by atoms with Crippen LogP contribution in [0.25, 0.3) is 0 Å². The largest absolute Gasteiger partial charge is 0.481 e. The second-order valence-corrected chi connectivity index (χ2v) is 5.27. The smallest absolute Gasteiger partial charge is 0.308 e. The zero-order valence-corrected chi connectivity index (χ0v) is 12.4. The average Bonchev–Trinajstić information content (AvgIpc) is 2.55. The van der Waals surface area contributed by atoms with Gasteiger partial charge < -0.3 is 10.0 Å². The molecule has 0 aliphatic carbocycles. The summed E-state index contributed by atoms with van der Waals surface area (Å²) in [6, 6.07) is 19.2. The molecule has 0 radical (unpaired) electrons. The summed E-state index contributed by atoms with van der Waals surface area (Å²) < 4.78 is 0. The first-order chi connectivity index (χ1) is 10.6. The molecule has 1 unspecified atom stereocenters. The first-order valence-corrected chi connectivity index (χ1v) is 7.12. The summed E-state index contributed by atoms with van der Waals surface area (Å²) >= 11 is 0. The molecule has 1 atom stereocenters. The van der Waals surface area contributed by atoms with E-state index in [9.17, 15) is 4.79 Å². The number of hydrogen-bond donors (Lipinski definition) is 1. The molecule has 0 amide bonds. The lowest BCUT2D eigenvalue weighted by Gasteiger charge is -2.27. The van der Waals surface area contributed by atoms with Gasteiger partial charge in [-0.05, 0) is 29.8 Å². The molecule has 0 bridgehead atoms. The average molecular weight is 294 g/mol. The Hall–Kier alpha value is -2.80. The molecule has 1 N–H and O–H groups in total. The quantitative estimate of drug-likeness (QED) is 0.888. The normalized spacial score (nSPS) is 11.5. The third-order valence-corrected chi connectivity index (χ3v) is 3.47. The van der Waals surface area contributed by atoms with Crippen LogP contribution in [0.3, 0.4) is 0 Å². The fraction of sp³-hybridized carbons (Fsp3) is 0.222. The number of para-hydroxylation sites is 1. The van der Waals surface area contributed by atoms with Crippen LogP contribution in [-0.4, -0.2) is 17.6 Å². The number of carbonyl (C=O) groups is 1. The number of carboxylic acid groups (broad SMARTS) is 1. The molecule has 4 nitrogen and oxygen atoms in total. The molecule has 4 heteroatoms. The van der Waals surface area contributed by atoms with E-state index in [4.69, 9.17) is 10.4 Å². The fourth-order valence-corrected chi connectivity index (χ4v) is 2.27. The van der Waals surface area contributed by atoms with Gasteiger partial charge in [0.05, 0.1) is 17.6 Å². The minimum atomic E-state index is -0.813. The molecular weight excluding hydrogens is 276 g/mol. The number of aliphatic carboxylic acids is 1. The lowest BCUT2D eigenvalue weighted by Crippen LogP contribution is -2.31. The van der Waals surface area contributed by atoms with Crippen molar-refractivity contribution < 1.29 is 9.90 Å². The molecule has 2 aromatic rings. The summed E-state index contributed by atoms with van der Waals surface area (Å²) in [5.41, 5.74) is 2.57. The van der Waals surface area contributed by atoms with E-state index in [1.165, 1.54) is 0 Å². The van der Waals surface area contributed by atoms with E-state index in [2.05, 4.69) is 6.07 Å². The van der Waals surface area contributed by atoms with Crippen molar-refractivity contribution in [3.05, 3.63) is 65.7 Å². The summed E-state index contributed by atoms with van der Waals surface area (Å²) in [7, 11) is 0. The van der Waals surface area contributed by atoms with Gasteiger partial charge in [-0.1, -0.05) is 37.3 Å². The molecule has 0 aliphatic rings. The predicted octanol–water partition coefficient (Wildman–Crippen LogP) is 3.29. The van der Waals surface area contributed by atoms with Gasteiger partial charge in [0.25, 0.3) is 0 Å². The van der Waals surface area contributed by atoms with Crippen molar-refractivity contribution in [1.29, 1.82) is 5.26 Å². The van der Waals surface area contributed by atoms with Crippen LogP contribution >= 0.6 is 0 Å². The topological polar surface area (TPSA) is 64.3 Å². The molecule has 0 heterocycles. The minimum Gasteiger partial charge on any atom is -0.481 e. The van der Waals surface area contributed by atoms with Crippen molar-refractivity contribution in [2.45, 2.75) is 13.5 Å². The number of anilines is 1. The molecule has 0 aliphatic heterocycles. The number of carboxylic acids is 1. The Morgan fingerprint density at radius 1 is 1.23 bits per heavy atom. The van der Waals surface area contributed by atoms with Crippen LogP contribution in [0.4, 0.5) is 5.69 Å². The van der Waals surface area contributed by atoms with E-state index in [0.29, 0.717) is 18.7 Å². The molecule has 0 saturated heterocycles. The van der Waals surface area contributed by atoms with Crippen molar-refractivity contribution in [1.82, 2.24) is 0 Å². The van der Waals surface area contributed by atoms with Gasteiger partial charge in [-0.15, -0.1) is 0 Å². The molecule has 0 saturated carbocycles. The van der Waals surface area contributed by atoms with Gasteiger partial charge >= 0.3 is 5.97 Å². The second-order valence-electron chi connectivity index (χ2n) is 5.27. The predicted molar refractivity (Wildman–Crippen MR) is 85.4 cm³/mol. The van der Waals surface area contributed by atoms with Crippen LogP contribution in [-0.2, 0) is 11.3 Å². The summed E-state index contributed by atoms with van der Waals surface area (Å²) in [4.78, 5) is 13.2. The maximum Gasteiger partial charge on any atom is 0.308 e. The highest BCUT2D eigenvalue weighted by atomic mass is 16.4.